The van der Waals surface area contributed by atoms with Crippen LogP contribution in [-0.2, 0) is 0 Å². The number of carbonyl (C=O) groups is 1. The highest BCUT2D eigenvalue weighted by atomic mass is 19.4. The van der Waals surface area contributed by atoms with Crippen LogP contribution < -0.4 is 4.74 Å². The molecule has 1 aliphatic heterocycles. The van der Waals surface area contributed by atoms with Gasteiger partial charge in [0.15, 0.2) is 5.82 Å². The van der Waals surface area contributed by atoms with Gasteiger partial charge in [-0.2, -0.15) is 4.98 Å². The predicted octanol–water partition coefficient (Wildman–Crippen LogP) is 3.09. The minimum Gasteiger partial charge on any atom is -0.406 e. The van der Waals surface area contributed by atoms with Crippen LogP contribution in [0, 0.1) is 0 Å². The van der Waals surface area contributed by atoms with Crippen molar-refractivity contribution in [2.75, 3.05) is 13.1 Å². The molecule has 0 unspecified atom stereocenters. The summed E-state index contributed by atoms with van der Waals surface area (Å²) < 4.78 is 45.4. The summed E-state index contributed by atoms with van der Waals surface area (Å²) in [6.07, 6.45) is -2.58. The van der Waals surface area contributed by atoms with Gasteiger partial charge in [-0.25, -0.2) is 0 Å². The fourth-order valence-corrected chi connectivity index (χ4v) is 2.70. The van der Waals surface area contributed by atoms with Crippen molar-refractivity contribution < 1.29 is 27.2 Å². The number of ether oxygens (including phenoxy) is 1. The number of carbonyl (C=O) groups excluding carboxylic acids is 1. The first-order valence-corrected chi connectivity index (χ1v) is 7.87. The number of hydrogen-bond acceptors (Lipinski definition) is 5. The van der Waals surface area contributed by atoms with E-state index in [1.165, 1.54) is 12.1 Å². The van der Waals surface area contributed by atoms with E-state index >= 15 is 0 Å². The van der Waals surface area contributed by atoms with Crippen molar-refractivity contribution in [3.05, 3.63) is 41.5 Å². The number of nitrogens with zero attached hydrogens (tertiary/aromatic N) is 3. The van der Waals surface area contributed by atoms with E-state index in [9.17, 15) is 18.0 Å². The lowest BCUT2D eigenvalue weighted by Gasteiger charge is -2.37. The molecule has 0 bridgehead atoms. The van der Waals surface area contributed by atoms with Gasteiger partial charge in [-0.3, -0.25) is 4.79 Å². The predicted molar refractivity (Wildman–Crippen MR) is 78.0 cm³/mol. The molecule has 0 spiro atoms. The first-order chi connectivity index (χ1) is 11.9. The van der Waals surface area contributed by atoms with Crippen LogP contribution in [0.25, 0.3) is 0 Å². The van der Waals surface area contributed by atoms with Crippen LogP contribution in [0.1, 0.15) is 46.8 Å². The summed E-state index contributed by atoms with van der Waals surface area (Å²) >= 11 is 0. The minimum atomic E-state index is -4.75. The molecule has 9 heteroatoms. The van der Waals surface area contributed by atoms with E-state index in [-0.39, 0.29) is 17.6 Å². The van der Waals surface area contributed by atoms with Crippen molar-refractivity contribution in [3.8, 4) is 5.75 Å². The van der Waals surface area contributed by atoms with Crippen molar-refractivity contribution in [2.45, 2.75) is 31.0 Å². The quantitative estimate of drug-likeness (QED) is 0.845. The first kappa shape index (κ1) is 15.9. The molecule has 132 valence electrons. The fourth-order valence-electron chi connectivity index (χ4n) is 2.70. The van der Waals surface area contributed by atoms with E-state index in [2.05, 4.69) is 14.9 Å². The Hall–Kier alpha value is -2.58. The van der Waals surface area contributed by atoms with Crippen molar-refractivity contribution >= 4 is 5.91 Å². The number of likely N-dealkylation sites (tertiary alicyclic amines) is 1. The largest absolute Gasteiger partial charge is 0.573 e. The van der Waals surface area contributed by atoms with Gasteiger partial charge in [0.05, 0.1) is 5.92 Å². The molecule has 1 saturated heterocycles. The van der Waals surface area contributed by atoms with E-state index in [1.54, 1.807) is 4.90 Å². The van der Waals surface area contributed by atoms with Crippen molar-refractivity contribution in [1.82, 2.24) is 15.0 Å². The zero-order valence-electron chi connectivity index (χ0n) is 13.0. The maximum absolute atomic E-state index is 12.3. The molecule has 4 rings (SSSR count). The van der Waals surface area contributed by atoms with E-state index in [0.717, 1.165) is 30.8 Å². The van der Waals surface area contributed by atoms with Crippen LogP contribution in [0.5, 0.6) is 5.75 Å². The molecule has 1 aromatic carbocycles. The van der Waals surface area contributed by atoms with Crippen LogP contribution >= 0.6 is 0 Å². The molecule has 1 amide bonds. The number of halogens is 3. The van der Waals surface area contributed by atoms with Crippen LogP contribution in [-0.4, -0.2) is 40.4 Å². The van der Waals surface area contributed by atoms with Gasteiger partial charge in [0.25, 0.3) is 5.91 Å². The second-order valence-electron chi connectivity index (χ2n) is 6.24. The molecule has 2 aliphatic rings. The number of rotatable bonds is 4. The average molecular weight is 353 g/mol. The Morgan fingerprint density at radius 3 is 2.44 bits per heavy atom. The van der Waals surface area contributed by atoms with Gasteiger partial charge in [-0.15, -0.1) is 13.2 Å². The Labute approximate surface area is 140 Å². The number of hydrogen-bond donors (Lipinski definition) is 0. The highest BCUT2D eigenvalue weighted by molar-refractivity contribution is 5.95. The minimum absolute atomic E-state index is 0.0109. The summed E-state index contributed by atoms with van der Waals surface area (Å²) in [5.41, 5.74) is 0.303. The summed E-state index contributed by atoms with van der Waals surface area (Å²) in [5.74, 6) is 1.09. The van der Waals surface area contributed by atoms with Gasteiger partial charge in [0.2, 0.25) is 5.89 Å². The second-order valence-corrected chi connectivity index (χ2v) is 6.24. The molecule has 0 N–H and O–H groups in total. The average Bonchev–Trinajstić information content (AvgIpc) is 3.24. The number of benzene rings is 1. The lowest BCUT2D eigenvalue weighted by Crippen LogP contribution is -2.48. The molecule has 2 heterocycles. The third-order valence-corrected chi connectivity index (χ3v) is 4.25. The maximum Gasteiger partial charge on any atom is 0.573 e. The standard InChI is InChI=1S/C16H14F3N3O3/c17-16(18,19)24-12-5-3-10(4-6-12)15(23)22-7-11(8-22)14-20-13(21-25-14)9-1-2-9/h3-6,9,11H,1-2,7-8H2. The van der Waals surface area contributed by atoms with Gasteiger partial charge >= 0.3 is 6.36 Å². The van der Waals surface area contributed by atoms with E-state index in [4.69, 9.17) is 4.52 Å². The van der Waals surface area contributed by atoms with Gasteiger partial charge in [0, 0.05) is 24.6 Å². The third kappa shape index (κ3) is 3.45. The monoisotopic (exact) mass is 353 g/mol. The fraction of sp³-hybridized carbons (Fsp3) is 0.438. The highest BCUT2D eigenvalue weighted by Crippen LogP contribution is 2.39. The van der Waals surface area contributed by atoms with Crippen LogP contribution in [0.4, 0.5) is 13.2 Å². The van der Waals surface area contributed by atoms with Crippen LogP contribution in [0.15, 0.2) is 28.8 Å². The molecular formula is C16H14F3N3O3. The molecule has 1 saturated carbocycles. The second kappa shape index (κ2) is 5.75. The zero-order valence-corrected chi connectivity index (χ0v) is 13.0. The van der Waals surface area contributed by atoms with Crippen molar-refractivity contribution in [2.24, 2.45) is 0 Å². The molecule has 25 heavy (non-hydrogen) atoms. The Balaban J connectivity index is 1.34. The van der Waals surface area contributed by atoms with Gasteiger partial charge in [-0.05, 0) is 37.1 Å². The summed E-state index contributed by atoms with van der Waals surface area (Å²) in [5, 5.41) is 3.95. The number of alkyl halides is 3. The van der Waals surface area contributed by atoms with E-state index in [0.29, 0.717) is 30.5 Å². The Morgan fingerprint density at radius 2 is 1.84 bits per heavy atom. The molecule has 2 fully saturated rings. The first-order valence-electron chi connectivity index (χ1n) is 7.87. The van der Waals surface area contributed by atoms with Crippen LogP contribution in [0.2, 0.25) is 0 Å². The summed E-state index contributed by atoms with van der Waals surface area (Å²) in [4.78, 5) is 18.3. The molecule has 6 nitrogen and oxygen atoms in total. The Bertz CT molecular complexity index is 778. The maximum atomic E-state index is 12.3. The zero-order chi connectivity index (χ0) is 17.6. The lowest BCUT2D eigenvalue weighted by molar-refractivity contribution is -0.274. The van der Waals surface area contributed by atoms with Gasteiger partial charge < -0.3 is 14.2 Å². The topological polar surface area (TPSA) is 68.5 Å². The lowest BCUT2D eigenvalue weighted by atomic mass is 9.98. The molecule has 0 atom stereocenters. The number of amides is 1. The van der Waals surface area contributed by atoms with Gasteiger partial charge in [0.1, 0.15) is 5.75 Å². The van der Waals surface area contributed by atoms with E-state index in [1.807, 2.05) is 0 Å². The highest BCUT2D eigenvalue weighted by Gasteiger charge is 2.37. The molecule has 2 aromatic rings. The molecule has 1 aromatic heterocycles. The van der Waals surface area contributed by atoms with Crippen molar-refractivity contribution in [1.29, 1.82) is 0 Å². The number of aromatic nitrogens is 2. The Morgan fingerprint density at radius 1 is 1.16 bits per heavy atom. The Kier molecular flexibility index (Phi) is 3.66. The summed E-state index contributed by atoms with van der Waals surface area (Å²) in [7, 11) is 0. The van der Waals surface area contributed by atoms with Crippen LogP contribution in [0.3, 0.4) is 0 Å². The molecule has 1 aliphatic carbocycles. The summed E-state index contributed by atoms with van der Waals surface area (Å²) in [6.45, 7) is 0.901. The normalized spacial score (nSPS) is 18.1. The van der Waals surface area contributed by atoms with Gasteiger partial charge in [-0.1, -0.05) is 5.16 Å². The smallest absolute Gasteiger partial charge is 0.406 e. The SMILES string of the molecule is O=C(c1ccc(OC(F)(F)F)cc1)N1CC(c2nc(C3CC3)no2)C1. The molecule has 0 radical (unpaired) electrons. The van der Waals surface area contributed by atoms with Crippen molar-refractivity contribution in [3.63, 3.8) is 0 Å². The third-order valence-electron chi connectivity index (χ3n) is 4.25. The molecular weight excluding hydrogens is 339 g/mol. The summed E-state index contributed by atoms with van der Waals surface area (Å²) in [6, 6.07) is 4.87. The van der Waals surface area contributed by atoms with E-state index < -0.39 is 6.36 Å².